The molecule has 0 rings (SSSR count). The van der Waals surface area contributed by atoms with E-state index in [0.29, 0.717) is 11.8 Å². The van der Waals surface area contributed by atoms with Crippen molar-refractivity contribution in [2.75, 3.05) is 11.9 Å². The van der Waals surface area contributed by atoms with Gasteiger partial charge in [0.2, 0.25) is 5.39 Å². The molecule has 0 radical (unpaired) electrons. The second-order valence-electron chi connectivity index (χ2n) is 1.96. The molecule has 0 saturated carbocycles. The first-order chi connectivity index (χ1) is 5.24. The highest BCUT2D eigenvalue weighted by atomic mass is 79.9. The van der Waals surface area contributed by atoms with Crippen LogP contribution < -0.4 is 0 Å². The molecule has 11 heavy (non-hydrogen) atoms. The van der Waals surface area contributed by atoms with Gasteiger partial charge in [-0.1, -0.05) is 22.9 Å². The van der Waals surface area contributed by atoms with Crippen molar-refractivity contribution in [1.82, 2.24) is 0 Å². The molecule has 4 nitrogen and oxygen atoms in total. The standard InChI is InChI=1S/C6H10BrN2O2/c1-2-6(10)11-4-5(3-7)9-8/h5H,2-4H2,1H3/q+1. The molecule has 0 saturated heterocycles. The van der Waals surface area contributed by atoms with Gasteiger partial charge in [0.1, 0.15) is 4.98 Å². The summed E-state index contributed by atoms with van der Waals surface area (Å²) in [5.41, 5.74) is 0. The van der Waals surface area contributed by atoms with Gasteiger partial charge in [-0.25, -0.2) is 0 Å². The number of alkyl halides is 1. The van der Waals surface area contributed by atoms with Crippen LogP contribution in [0.1, 0.15) is 13.3 Å². The molecule has 0 fully saturated rings. The lowest BCUT2D eigenvalue weighted by Gasteiger charge is -1.98. The van der Waals surface area contributed by atoms with E-state index in [9.17, 15) is 4.79 Å². The number of diazo groups is 1. The van der Waals surface area contributed by atoms with Gasteiger partial charge in [-0.05, 0) is 0 Å². The molecule has 0 aromatic rings. The fourth-order valence-electron chi connectivity index (χ4n) is 0.400. The summed E-state index contributed by atoms with van der Waals surface area (Å²) in [5, 5.41) is 8.80. The van der Waals surface area contributed by atoms with Crippen LogP contribution in [0.5, 0.6) is 0 Å². The number of nitrogens with zero attached hydrogens (tertiary/aromatic N) is 2. The smallest absolute Gasteiger partial charge is 0.356 e. The first-order valence-corrected chi connectivity index (χ1v) is 4.42. The van der Waals surface area contributed by atoms with Crippen molar-refractivity contribution >= 4 is 21.9 Å². The Hall–Kier alpha value is -0.630. The van der Waals surface area contributed by atoms with Crippen LogP contribution in [0.25, 0.3) is 4.98 Å². The van der Waals surface area contributed by atoms with Gasteiger partial charge in [-0.2, -0.15) is 0 Å². The van der Waals surface area contributed by atoms with Crippen LogP contribution in [0, 0.1) is 5.39 Å². The molecule has 0 aliphatic rings. The van der Waals surface area contributed by atoms with Gasteiger partial charge < -0.3 is 4.74 Å². The average Bonchev–Trinajstić information content (AvgIpc) is 2.06. The van der Waals surface area contributed by atoms with Crippen molar-refractivity contribution in [3.8, 4) is 0 Å². The van der Waals surface area contributed by atoms with E-state index in [1.165, 1.54) is 0 Å². The lowest BCUT2D eigenvalue weighted by atomic mass is 10.4. The lowest BCUT2D eigenvalue weighted by molar-refractivity contribution is -0.143. The van der Waals surface area contributed by atoms with Gasteiger partial charge in [0.15, 0.2) is 6.61 Å². The zero-order valence-electron chi connectivity index (χ0n) is 6.29. The van der Waals surface area contributed by atoms with E-state index in [1.54, 1.807) is 6.92 Å². The molecule has 0 aliphatic carbocycles. The maximum atomic E-state index is 10.6. The van der Waals surface area contributed by atoms with Crippen molar-refractivity contribution in [3.05, 3.63) is 4.98 Å². The molecule has 0 bridgehead atoms. The zero-order chi connectivity index (χ0) is 8.69. The molecule has 0 heterocycles. The molecule has 5 heteroatoms. The third-order valence-corrected chi connectivity index (χ3v) is 1.81. The monoisotopic (exact) mass is 221 g/mol. The first kappa shape index (κ1) is 10.4. The van der Waals surface area contributed by atoms with Crippen LogP contribution in [0.2, 0.25) is 0 Å². The highest BCUT2D eigenvalue weighted by Gasteiger charge is 2.19. The van der Waals surface area contributed by atoms with E-state index in [4.69, 9.17) is 10.1 Å². The van der Waals surface area contributed by atoms with Crippen LogP contribution in [-0.2, 0) is 9.53 Å². The van der Waals surface area contributed by atoms with Crippen molar-refractivity contribution in [3.63, 3.8) is 0 Å². The predicted molar refractivity (Wildman–Crippen MR) is 43.9 cm³/mol. The number of halogens is 1. The van der Waals surface area contributed by atoms with Crippen molar-refractivity contribution in [2.45, 2.75) is 19.4 Å². The van der Waals surface area contributed by atoms with Gasteiger partial charge in [-0.15, -0.1) is 0 Å². The fraction of sp³-hybridized carbons (Fsp3) is 0.833. The predicted octanol–water partition coefficient (Wildman–Crippen LogP) is 1.56. The number of rotatable bonds is 4. The minimum absolute atomic E-state index is 0.133. The largest absolute Gasteiger partial charge is 0.457 e. The Morgan fingerprint density at radius 1 is 1.82 bits per heavy atom. The van der Waals surface area contributed by atoms with Gasteiger partial charge >= 0.3 is 12.0 Å². The van der Waals surface area contributed by atoms with E-state index >= 15 is 0 Å². The molecule has 0 aromatic heterocycles. The minimum Gasteiger partial charge on any atom is -0.457 e. The number of carbonyl (C=O) groups excluding carboxylic acids is 1. The average molecular weight is 222 g/mol. The SMILES string of the molecule is CCC(=O)OCC(CBr)[N+]#N. The number of esters is 1. The highest BCUT2D eigenvalue weighted by Crippen LogP contribution is 1.98. The van der Waals surface area contributed by atoms with Gasteiger partial charge in [0.05, 0.1) is 5.33 Å². The van der Waals surface area contributed by atoms with E-state index in [1.807, 2.05) is 0 Å². The van der Waals surface area contributed by atoms with E-state index in [2.05, 4.69) is 20.9 Å². The zero-order valence-corrected chi connectivity index (χ0v) is 7.87. The Bertz CT molecular complexity index is 166. The third kappa shape index (κ3) is 4.73. The maximum Gasteiger partial charge on any atom is 0.356 e. The van der Waals surface area contributed by atoms with Crippen LogP contribution in [0.15, 0.2) is 0 Å². The molecular weight excluding hydrogens is 212 g/mol. The Morgan fingerprint density at radius 3 is 2.82 bits per heavy atom. The molecule has 0 N–H and O–H groups in total. The van der Waals surface area contributed by atoms with E-state index in [0.717, 1.165) is 0 Å². The molecule has 0 amide bonds. The number of hydrogen-bond acceptors (Lipinski definition) is 3. The molecular formula is C6H10BrN2O2+. The second-order valence-corrected chi connectivity index (χ2v) is 2.61. The van der Waals surface area contributed by atoms with Crippen molar-refractivity contribution in [1.29, 1.82) is 5.39 Å². The maximum absolute atomic E-state index is 10.6. The summed E-state index contributed by atoms with van der Waals surface area (Å²) in [6.07, 6.45) is 0.348. The Kier molecular flexibility index (Phi) is 5.75. The molecule has 0 aliphatic heterocycles. The number of hydrogen-bond donors (Lipinski definition) is 0. The summed E-state index contributed by atoms with van der Waals surface area (Å²) in [7, 11) is 0. The Morgan fingerprint density at radius 2 is 2.45 bits per heavy atom. The van der Waals surface area contributed by atoms with Crippen molar-refractivity contribution in [2.24, 2.45) is 0 Å². The van der Waals surface area contributed by atoms with Crippen LogP contribution in [0.4, 0.5) is 0 Å². The Balaban J connectivity index is 3.52. The summed E-state index contributed by atoms with van der Waals surface area (Å²) in [6.45, 7) is 1.84. The third-order valence-electron chi connectivity index (χ3n) is 1.07. The van der Waals surface area contributed by atoms with Crippen LogP contribution in [0.3, 0.4) is 0 Å². The summed E-state index contributed by atoms with van der Waals surface area (Å²) >= 11 is 3.10. The van der Waals surface area contributed by atoms with Gasteiger partial charge in [-0.3, -0.25) is 4.79 Å². The normalized spacial score (nSPS) is 11.7. The summed E-state index contributed by atoms with van der Waals surface area (Å²) in [5.74, 6) is -0.278. The number of carbonyl (C=O) groups is 1. The highest BCUT2D eigenvalue weighted by molar-refractivity contribution is 9.09. The molecule has 0 spiro atoms. The van der Waals surface area contributed by atoms with Crippen molar-refractivity contribution < 1.29 is 9.53 Å². The molecule has 1 unspecified atom stereocenters. The quantitative estimate of drug-likeness (QED) is 0.412. The number of ether oxygens (including phenoxy) is 1. The van der Waals surface area contributed by atoms with E-state index < -0.39 is 0 Å². The topological polar surface area (TPSA) is 54.5 Å². The van der Waals surface area contributed by atoms with Crippen LogP contribution >= 0.6 is 15.9 Å². The Labute approximate surface area is 73.7 Å². The summed E-state index contributed by atoms with van der Waals surface area (Å²) < 4.78 is 4.71. The van der Waals surface area contributed by atoms with Gasteiger partial charge in [0.25, 0.3) is 0 Å². The fourth-order valence-corrected chi connectivity index (χ4v) is 0.716. The van der Waals surface area contributed by atoms with E-state index in [-0.39, 0.29) is 18.6 Å². The molecule has 62 valence electrons. The van der Waals surface area contributed by atoms with Gasteiger partial charge in [0, 0.05) is 6.42 Å². The van der Waals surface area contributed by atoms with Crippen LogP contribution in [-0.4, -0.2) is 23.9 Å². The first-order valence-electron chi connectivity index (χ1n) is 3.30. The minimum atomic E-state index is -0.356. The summed E-state index contributed by atoms with van der Waals surface area (Å²) in [6, 6.07) is -0.356. The molecule has 0 aromatic carbocycles. The molecule has 1 atom stereocenters. The summed E-state index contributed by atoms with van der Waals surface area (Å²) in [4.78, 5) is 13.6. The second kappa shape index (κ2) is 6.10. The lowest BCUT2D eigenvalue weighted by Crippen LogP contribution is -2.16.